The monoisotopic (exact) mass is 1130 g/mol. The summed E-state index contributed by atoms with van der Waals surface area (Å²) in [6.45, 7) is 3.56. The van der Waals surface area contributed by atoms with Crippen LogP contribution >= 0.6 is 0 Å². The SMILES string of the molecule is O=S(=O)([O-])C(F)(F)F.O=S(=O)([O-])C(F)(F)F.c1ccc(C(C[n+]2cn(CC3C4c5ccccc5C(c5ccccc54)C3Cn3c[n+](CC(c4ccccc4)c4ccccc4)c4ccccc43)c3ccccc32)c2ccccc2)cc1. The lowest BCUT2D eigenvalue weighted by Crippen LogP contribution is -2.44. The predicted octanol–water partition coefficient (Wildman–Crippen LogP) is 12.2. The van der Waals surface area contributed by atoms with Gasteiger partial charge in [0.2, 0.25) is 12.7 Å². The van der Waals surface area contributed by atoms with Gasteiger partial charge in [0.1, 0.15) is 13.1 Å². The third kappa shape index (κ3) is 11.6. The molecule has 3 aliphatic rings. The molecule has 0 spiro atoms. The van der Waals surface area contributed by atoms with Crippen molar-refractivity contribution in [3.63, 3.8) is 0 Å². The highest BCUT2D eigenvalue weighted by atomic mass is 32.2. The molecular formula is C62H52F6N4O6S2. The number of hydrogen-bond donors (Lipinski definition) is 0. The second-order valence-corrected chi connectivity index (χ2v) is 22.6. The summed E-state index contributed by atoms with van der Waals surface area (Å²) < 4.78 is 128. The molecule has 2 unspecified atom stereocenters. The number of imidazole rings is 2. The minimum atomic E-state index is -6.09. The quantitative estimate of drug-likeness (QED) is 0.0518. The van der Waals surface area contributed by atoms with Gasteiger partial charge >= 0.3 is 11.0 Å². The lowest BCUT2D eigenvalue weighted by Gasteiger charge is -2.49. The third-order valence-electron chi connectivity index (χ3n) is 15.2. The second kappa shape index (κ2) is 22.7. The van der Waals surface area contributed by atoms with Gasteiger partial charge in [0.25, 0.3) is 0 Å². The van der Waals surface area contributed by atoms with Crippen LogP contribution in [-0.4, -0.2) is 46.1 Å². The summed E-state index contributed by atoms with van der Waals surface area (Å²) >= 11 is 0. The Bertz CT molecular complexity index is 3610. The van der Waals surface area contributed by atoms with Gasteiger partial charge in [0.05, 0.1) is 13.1 Å². The Morgan fingerprint density at radius 3 is 0.887 bits per heavy atom. The van der Waals surface area contributed by atoms with Crippen LogP contribution in [0.4, 0.5) is 26.3 Å². The summed E-state index contributed by atoms with van der Waals surface area (Å²) in [7, 11) is -12.2. The van der Waals surface area contributed by atoms with E-state index >= 15 is 0 Å². The fraction of sp³-hybridized carbons (Fsp3) is 0.194. The zero-order valence-corrected chi connectivity index (χ0v) is 44.2. The molecule has 13 rings (SSSR count). The van der Waals surface area contributed by atoms with Crippen molar-refractivity contribution in [2.24, 2.45) is 11.8 Å². The molecule has 2 heterocycles. The van der Waals surface area contributed by atoms with E-state index in [-0.39, 0.29) is 23.7 Å². The molecule has 0 saturated heterocycles. The van der Waals surface area contributed by atoms with Crippen molar-refractivity contribution in [2.75, 3.05) is 0 Å². The van der Waals surface area contributed by atoms with E-state index in [0.29, 0.717) is 11.8 Å². The van der Waals surface area contributed by atoms with E-state index in [1.54, 1.807) is 0 Å². The van der Waals surface area contributed by atoms with Crippen molar-refractivity contribution < 1.29 is 61.4 Å². The Morgan fingerprint density at radius 1 is 0.388 bits per heavy atom. The maximum absolute atomic E-state index is 10.7. The first-order chi connectivity index (χ1) is 38.3. The number of hydrogen-bond acceptors (Lipinski definition) is 6. The largest absolute Gasteiger partial charge is 0.741 e. The van der Waals surface area contributed by atoms with Crippen molar-refractivity contribution >= 4 is 42.3 Å². The molecule has 0 N–H and O–H groups in total. The second-order valence-electron chi connectivity index (χ2n) is 19.9. The topological polar surface area (TPSA) is 132 Å². The molecular weight excluding hydrogens is 1070 g/mol. The van der Waals surface area contributed by atoms with Gasteiger partial charge in [0, 0.05) is 35.5 Å². The van der Waals surface area contributed by atoms with Crippen LogP contribution in [0.25, 0.3) is 22.1 Å². The van der Waals surface area contributed by atoms with Crippen LogP contribution < -0.4 is 9.13 Å². The van der Waals surface area contributed by atoms with Crippen molar-refractivity contribution in [1.82, 2.24) is 9.13 Å². The first-order valence-electron chi connectivity index (χ1n) is 25.6. The van der Waals surface area contributed by atoms with E-state index in [1.165, 1.54) is 66.6 Å². The number of aromatic nitrogens is 4. The van der Waals surface area contributed by atoms with Gasteiger partial charge in [-0.1, -0.05) is 194 Å². The molecule has 80 heavy (non-hydrogen) atoms. The van der Waals surface area contributed by atoms with E-state index in [9.17, 15) is 26.3 Å². The maximum atomic E-state index is 10.7. The molecule has 2 bridgehead atoms. The third-order valence-corrected chi connectivity index (χ3v) is 16.4. The first-order valence-corrected chi connectivity index (χ1v) is 28.4. The van der Waals surface area contributed by atoms with Gasteiger partial charge in [-0.05, 0) is 68.8 Å². The summed E-state index contributed by atoms with van der Waals surface area (Å²) in [6.07, 6.45) is 4.88. The van der Waals surface area contributed by atoms with Crippen LogP contribution in [-0.2, 0) is 46.4 Å². The highest BCUT2D eigenvalue weighted by Gasteiger charge is 2.51. The molecule has 0 saturated carbocycles. The summed E-state index contributed by atoms with van der Waals surface area (Å²) in [5.41, 5.74) is 5.23. The Balaban J connectivity index is 0.000000395. The van der Waals surface area contributed by atoms with Crippen LogP contribution in [0.3, 0.4) is 0 Å². The van der Waals surface area contributed by atoms with Crippen molar-refractivity contribution in [1.29, 1.82) is 0 Å². The van der Waals surface area contributed by atoms with Gasteiger partial charge in [-0.15, -0.1) is 0 Å². The Labute approximate surface area is 459 Å². The van der Waals surface area contributed by atoms with Gasteiger partial charge in [-0.2, -0.15) is 26.3 Å². The van der Waals surface area contributed by atoms with E-state index < -0.39 is 31.3 Å². The first kappa shape index (κ1) is 55.4. The average Bonchev–Trinajstić information content (AvgIpc) is 2.16. The number of nitrogens with zero attached hydrogens (tertiary/aromatic N) is 4. The fourth-order valence-corrected chi connectivity index (χ4v) is 11.9. The van der Waals surface area contributed by atoms with Crippen LogP contribution in [0, 0.1) is 11.8 Å². The molecule has 2 aromatic heterocycles. The van der Waals surface area contributed by atoms with Gasteiger partial charge in [-0.3, -0.25) is 0 Å². The normalized spacial score (nSPS) is 16.9. The molecule has 2 atom stereocenters. The molecule has 0 aliphatic heterocycles. The summed E-state index contributed by atoms with van der Waals surface area (Å²) in [5.74, 6) is 1.73. The average molecular weight is 1130 g/mol. The zero-order valence-electron chi connectivity index (χ0n) is 42.6. The maximum Gasteiger partial charge on any atom is 0.485 e. The zero-order chi connectivity index (χ0) is 56.4. The van der Waals surface area contributed by atoms with Crippen molar-refractivity contribution in [2.45, 2.75) is 60.9 Å². The standard InChI is InChI=1S/C60H52N4.2CHF3O3S/c1-5-21-43(22-6-1)51(44-23-7-2-8-24-44)37-61-41-63(57-35-19-17-33-55(57)61)39-53-54(60-49-31-15-13-29-47(49)59(53)48-30-14-16-32-50(48)60)40-64-42-62(56-34-18-20-36-58(56)64)38-52(45-25-9-3-10-26-45)46-27-11-4-12-28-46;2*2-1(3,4)8(5,6)7/h1-36,41-42,51-54,59-60H,37-40H2;2*(H,5,6,7)/q+2;;/p-2. The minimum Gasteiger partial charge on any atom is -0.741 e. The van der Waals surface area contributed by atoms with Crippen LogP contribution in [0.15, 0.2) is 231 Å². The Morgan fingerprint density at radius 2 is 0.625 bits per heavy atom. The number of para-hydroxylation sites is 4. The van der Waals surface area contributed by atoms with Crippen molar-refractivity contribution in [3.8, 4) is 0 Å². The minimum absolute atomic E-state index is 0.223. The summed E-state index contributed by atoms with van der Waals surface area (Å²) in [5, 5.41) is 0. The van der Waals surface area contributed by atoms with E-state index in [1.807, 2.05) is 0 Å². The van der Waals surface area contributed by atoms with Gasteiger partial charge in [-0.25, -0.2) is 35.1 Å². The lowest BCUT2D eigenvalue weighted by molar-refractivity contribution is -0.674. The number of rotatable bonds is 12. The van der Waals surface area contributed by atoms with Crippen molar-refractivity contribution in [3.05, 3.63) is 276 Å². The van der Waals surface area contributed by atoms with E-state index in [2.05, 4.69) is 249 Å². The summed E-state index contributed by atoms with van der Waals surface area (Å²) in [6, 6.07) is 81.1. The Hall–Kier alpha value is -7.90. The smallest absolute Gasteiger partial charge is 0.485 e. The Kier molecular flexibility index (Phi) is 15.7. The molecule has 3 aliphatic carbocycles. The number of alkyl halides is 6. The van der Waals surface area contributed by atoms with E-state index in [4.69, 9.17) is 25.9 Å². The predicted molar refractivity (Wildman–Crippen MR) is 289 cm³/mol. The molecule has 0 radical (unpaired) electrons. The molecule has 0 amide bonds. The number of fused-ring (bicyclic) bond motifs is 3. The highest BCUT2D eigenvalue weighted by Crippen LogP contribution is 2.59. The lowest BCUT2D eigenvalue weighted by atomic mass is 9.54. The van der Waals surface area contributed by atoms with Gasteiger partial charge < -0.3 is 9.11 Å². The number of benzene rings is 8. The van der Waals surface area contributed by atoms with Crippen LogP contribution in [0.1, 0.15) is 68.2 Å². The van der Waals surface area contributed by atoms with E-state index in [0.717, 1.165) is 26.2 Å². The van der Waals surface area contributed by atoms with Gasteiger partial charge in [0.15, 0.2) is 42.3 Å². The summed E-state index contributed by atoms with van der Waals surface area (Å²) in [4.78, 5) is 0. The molecule has 18 heteroatoms. The number of halogens is 6. The molecule has 0 fully saturated rings. The molecule has 10 aromatic rings. The molecule has 10 nitrogen and oxygen atoms in total. The fourth-order valence-electron chi connectivity index (χ4n) is 11.9. The van der Waals surface area contributed by atoms with Crippen LogP contribution in [0.2, 0.25) is 0 Å². The molecule has 8 aromatic carbocycles. The van der Waals surface area contributed by atoms with Crippen LogP contribution in [0.5, 0.6) is 0 Å². The highest BCUT2D eigenvalue weighted by molar-refractivity contribution is 7.86. The molecule has 410 valence electrons.